The van der Waals surface area contributed by atoms with Crippen molar-refractivity contribution >= 4 is 29.8 Å². The molecule has 0 aromatic heterocycles. The Balaban J connectivity index is 0.000000314. The van der Waals surface area contributed by atoms with Crippen LogP contribution < -0.4 is 0 Å². The van der Waals surface area contributed by atoms with Gasteiger partial charge in [-0.2, -0.15) is 0 Å². The van der Waals surface area contributed by atoms with Crippen LogP contribution in [0.25, 0.3) is 0 Å². The average molecular weight is 913 g/mol. The Morgan fingerprint density at radius 3 is 1.80 bits per heavy atom. The summed E-state index contributed by atoms with van der Waals surface area (Å²) in [6.45, 7) is -0.220. The quantitative estimate of drug-likeness (QED) is 0.0869. The van der Waals surface area contributed by atoms with E-state index in [4.69, 9.17) is 28.4 Å². The van der Waals surface area contributed by atoms with Crippen LogP contribution in [-0.2, 0) is 58.8 Å². The second-order valence-corrected chi connectivity index (χ2v) is 16.1. The van der Waals surface area contributed by atoms with Gasteiger partial charge in [0.1, 0.15) is 50.2 Å². The van der Waals surface area contributed by atoms with Crippen LogP contribution in [0.3, 0.4) is 0 Å². The third-order valence-electron chi connectivity index (χ3n) is 12.0. The molecule has 10 unspecified atom stereocenters. The van der Waals surface area contributed by atoms with E-state index in [2.05, 4.69) is 13.0 Å². The van der Waals surface area contributed by atoms with E-state index in [-0.39, 0.29) is 17.5 Å². The average Bonchev–Trinajstić information content (AvgIpc) is 3.57. The van der Waals surface area contributed by atoms with Gasteiger partial charge in [-0.05, 0) is 79.5 Å². The first-order chi connectivity index (χ1) is 30.2. The molecule has 25 heteroatoms. The number of rotatable bonds is 19. The Labute approximate surface area is 364 Å². The van der Waals surface area contributed by atoms with E-state index in [1.807, 2.05) is 19.1 Å². The highest BCUT2D eigenvalue weighted by atomic mass is 16.7. The number of carbonyl (C=O) groups excluding carboxylic acids is 5. The third kappa shape index (κ3) is 13.9. The molecule has 64 heavy (non-hydrogen) atoms. The fourth-order valence-corrected chi connectivity index (χ4v) is 9.00. The van der Waals surface area contributed by atoms with Crippen LogP contribution >= 0.6 is 0 Å². The zero-order valence-electron chi connectivity index (χ0n) is 35.2. The number of phenols is 1. The van der Waals surface area contributed by atoms with Crippen molar-refractivity contribution in [1.29, 1.82) is 0 Å². The first-order valence-electron chi connectivity index (χ1n) is 20.8. The van der Waals surface area contributed by atoms with Gasteiger partial charge in [0, 0.05) is 31.5 Å². The molecule has 1 saturated heterocycles. The Morgan fingerprint density at radius 1 is 0.719 bits per heavy atom. The van der Waals surface area contributed by atoms with Crippen molar-refractivity contribution < 1.29 is 82.3 Å². The van der Waals surface area contributed by atoms with Crippen molar-refractivity contribution in [3.63, 3.8) is 0 Å². The number of phenolic OH excluding ortho intramolecular Hbond substituents is 1. The van der Waals surface area contributed by atoms with E-state index < -0.39 is 133 Å². The molecule has 5 rings (SSSR count). The molecule has 3 aliphatic carbocycles. The zero-order chi connectivity index (χ0) is 47.3. The molecule has 0 amide bonds. The van der Waals surface area contributed by atoms with Crippen molar-refractivity contribution in [2.75, 3.05) is 32.8 Å². The smallest absolute Gasteiger partial charge is 0.313 e. The highest BCUT2D eigenvalue weighted by Gasteiger charge is 2.56. The summed E-state index contributed by atoms with van der Waals surface area (Å²) in [5, 5.41) is 62.4. The molecule has 2 saturated carbocycles. The van der Waals surface area contributed by atoms with Gasteiger partial charge in [0.25, 0.3) is 0 Å². The van der Waals surface area contributed by atoms with Crippen molar-refractivity contribution in [3.05, 3.63) is 69.8 Å². The van der Waals surface area contributed by atoms with Crippen LogP contribution in [0.15, 0.2) is 18.2 Å². The molecule has 1 heterocycles. The molecule has 1 aromatic rings. The van der Waals surface area contributed by atoms with Crippen LogP contribution in [0.1, 0.15) is 95.1 Å². The predicted molar refractivity (Wildman–Crippen MR) is 210 cm³/mol. The highest BCUT2D eigenvalue weighted by Crippen LogP contribution is 2.61. The lowest BCUT2D eigenvalue weighted by Gasteiger charge is -2.50. The molecule has 25 nitrogen and oxygen atoms in total. The molecule has 0 spiro atoms. The van der Waals surface area contributed by atoms with Crippen LogP contribution in [0, 0.1) is 57.7 Å². The standard InChI is InChI=1S/C21H28O3.C18H24N4O18/c1-3-20(23)24-19-9-8-18-17-6-4-13-12-14(22)5-7-15(13)16(17)10-11-21(18,19)2;23-11(1-5-19(28)29)36-9-10-15(38-12(24)2-6-20(30)31)16(39-13(25)3-7-21(32)33)17(18(27)37-10)40-14(26)4-8-22(34)35/h5,7,12,16-19,22H,3-4,6,8-11H2,1-2H3;10,15-18,27H,1-9H2. The number of esters is 5. The molecular weight excluding hydrogens is 860 g/mol. The van der Waals surface area contributed by atoms with Gasteiger partial charge in [0.05, 0.1) is 0 Å². The summed E-state index contributed by atoms with van der Waals surface area (Å²) in [5.74, 6) is -2.74. The number of benzene rings is 1. The Bertz CT molecular complexity index is 1910. The Hall–Kier alpha value is -6.11. The van der Waals surface area contributed by atoms with Gasteiger partial charge in [-0.25, -0.2) is 0 Å². The monoisotopic (exact) mass is 912 g/mol. The minimum atomic E-state index is -2.22. The lowest BCUT2D eigenvalue weighted by Crippen LogP contribution is -2.62. The molecule has 2 N–H and O–H groups in total. The number of carbonyl (C=O) groups is 5. The topological polar surface area (TPSA) is 354 Å². The number of nitrogens with zero attached hydrogens (tertiary/aromatic N) is 4. The summed E-state index contributed by atoms with van der Waals surface area (Å²) in [6, 6.07) is 5.95. The molecule has 3 fully saturated rings. The van der Waals surface area contributed by atoms with Crippen molar-refractivity contribution in [3.8, 4) is 5.75 Å². The highest BCUT2D eigenvalue weighted by molar-refractivity contribution is 5.72. The molecule has 1 aromatic carbocycles. The zero-order valence-corrected chi connectivity index (χ0v) is 35.2. The Morgan fingerprint density at radius 2 is 1.25 bits per heavy atom. The third-order valence-corrected chi connectivity index (χ3v) is 12.0. The van der Waals surface area contributed by atoms with Gasteiger partial charge in [0.15, 0.2) is 24.6 Å². The van der Waals surface area contributed by atoms with E-state index in [0.717, 1.165) is 19.3 Å². The number of fused-ring (bicyclic) bond motifs is 5. The number of aliphatic hydroxyl groups is 1. The molecule has 1 aliphatic heterocycles. The molecule has 0 bridgehead atoms. The number of aromatic hydroxyl groups is 1. The fraction of sp³-hybridized carbons (Fsp3) is 0.718. The largest absolute Gasteiger partial charge is 0.508 e. The lowest BCUT2D eigenvalue weighted by atomic mass is 9.55. The summed E-state index contributed by atoms with van der Waals surface area (Å²) >= 11 is 0. The number of hydrogen-bond acceptors (Lipinski definition) is 21. The lowest BCUT2D eigenvalue weighted by molar-refractivity contribution is -0.479. The number of ether oxygens (including phenoxy) is 6. The molecular formula is C39H52N4O21. The van der Waals surface area contributed by atoms with Gasteiger partial charge in [-0.1, -0.05) is 19.9 Å². The van der Waals surface area contributed by atoms with Gasteiger partial charge in [-0.3, -0.25) is 64.4 Å². The van der Waals surface area contributed by atoms with Crippen LogP contribution in [0.4, 0.5) is 0 Å². The summed E-state index contributed by atoms with van der Waals surface area (Å²) in [4.78, 5) is 99.1. The molecule has 10 atom stereocenters. The van der Waals surface area contributed by atoms with E-state index >= 15 is 0 Å². The first kappa shape index (κ1) is 50.5. The SMILES string of the molecule is CCC(=O)OC1CCC2C3CCc4cc(O)ccc4C3CCC12C.O=C(CC[N+](=O)[O-])OCC1OC(O)C(OC(=O)CC[N+](=O)[O-])C(OC(=O)CC[N+](=O)[O-])C1OC(=O)CC[N+](=O)[O-]. The number of aliphatic hydroxyl groups excluding tert-OH is 1. The van der Waals surface area contributed by atoms with Crippen molar-refractivity contribution in [2.24, 2.45) is 17.3 Å². The maximum absolute atomic E-state index is 12.3. The molecule has 354 valence electrons. The maximum atomic E-state index is 12.3. The van der Waals surface area contributed by atoms with Crippen molar-refractivity contribution in [1.82, 2.24) is 0 Å². The van der Waals surface area contributed by atoms with Gasteiger partial charge in [-0.15, -0.1) is 0 Å². The van der Waals surface area contributed by atoms with E-state index in [0.29, 0.717) is 29.9 Å². The van der Waals surface area contributed by atoms with Crippen molar-refractivity contribution in [2.45, 2.75) is 127 Å². The van der Waals surface area contributed by atoms with E-state index in [1.165, 1.54) is 30.4 Å². The Kier molecular flexibility index (Phi) is 18.2. The van der Waals surface area contributed by atoms with Crippen LogP contribution in [0.5, 0.6) is 5.75 Å². The summed E-state index contributed by atoms with van der Waals surface area (Å²) in [7, 11) is 0. The second-order valence-electron chi connectivity index (χ2n) is 16.1. The fourth-order valence-electron chi connectivity index (χ4n) is 9.00. The molecule has 0 radical (unpaired) electrons. The number of nitro groups is 4. The summed E-state index contributed by atoms with van der Waals surface area (Å²) in [5.41, 5.74) is 2.95. The summed E-state index contributed by atoms with van der Waals surface area (Å²) < 4.78 is 30.9. The van der Waals surface area contributed by atoms with Crippen LogP contribution in [-0.4, -0.2) is 129 Å². The van der Waals surface area contributed by atoms with Gasteiger partial charge >= 0.3 is 29.8 Å². The normalized spacial score (nSPS) is 27.6. The molecule has 4 aliphatic rings. The maximum Gasteiger partial charge on any atom is 0.313 e. The van der Waals surface area contributed by atoms with Gasteiger partial charge in [0.2, 0.25) is 26.2 Å². The second kappa shape index (κ2) is 23.0. The number of aryl methyl sites for hydroxylation is 1. The van der Waals surface area contributed by atoms with E-state index in [9.17, 15) is 74.6 Å². The number of hydrogen-bond donors (Lipinski definition) is 2. The predicted octanol–water partition coefficient (Wildman–Crippen LogP) is 2.22. The minimum absolute atomic E-state index is 0.0477. The van der Waals surface area contributed by atoms with E-state index in [1.54, 1.807) is 0 Å². The first-order valence-corrected chi connectivity index (χ1v) is 20.8. The summed E-state index contributed by atoms with van der Waals surface area (Å²) in [6.07, 6.45) is -5.79. The minimum Gasteiger partial charge on any atom is -0.508 e. The van der Waals surface area contributed by atoms with Gasteiger partial charge < -0.3 is 38.6 Å². The van der Waals surface area contributed by atoms with Crippen LogP contribution in [0.2, 0.25) is 0 Å².